The monoisotopic (exact) mass is 364 g/mol. The lowest BCUT2D eigenvalue weighted by molar-refractivity contribution is 0.0600. The molecule has 0 bridgehead atoms. The van der Waals surface area contributed by atoms with Crippen LogP contribution in [0, 0.1) is 0 Å². The minimum atomic E-state index is -3.16. The molecule has 0 amide bonds. The fourth-order valence-corrected chi connectivity index (χ4v) is 4.12. The molecular weight excluding hydrogens is 347 g/mol. The van der Waals surface area contributed by atoms with Crippen molar-refractivity contribution >= 4 is 29.5 Å². The molecule has 112 valence electrons. The van der Waals surface area contributed by atoms with Crippen LogP contribution in [0.5, 0.6) is 0 Å². The third kappa shape index (κ3) is 4.70. The zero-order valence-electron chi connectivity index (χ0n) is 11.7. The Balaban J connectivity index is 2.97. The molecule has 1 aromatic rings. The highest BCUT2D eigenvalue weighted by atomic mass is 79.9. The van der Waals surface area contributed by atoms with Gasteiger partial charge < -0.3 is 13.8 Å². The van der Waals surface area contributed by atoms with Gasteiger partial charge in [0, 0.05) is 4.47 Å². The van der Waals surface area contributed by atoms with Gasteiger partial charge in [-0.1, -0.05) is 22.0 Å². The van der Waals surface area contributed by atoms with Gasteiger partial charge >= 0.3 is 13.6 Å². The van der Waals surface area contributed by atoms with Crippen molar-refractivity contribution in [2.24, 2.45) is 0 Å². The first-order chi connectivity index (χ1) is 9.45. The van der Waals surface area contributed by atoms with Gasteiger partial charge in [-0.15, -0.1) is 0 Å². The van der Waals surface area contributed by atoms with Crippen molar-refractivity contribution in [2.45, 2.75) is 20.0 Å². The largest absolute Gasteiger partial charge is 0.465 e. The average molecular weight is 365 g/mol. The van der Waals surface area contributed by atoms with Gasteiger partial charge in [0.2, 0.25) is 0 Å². The summed E-state index contributed by atoms with van der Waals surface area (Å²) < 4.78 is 28.3. The van der Waals surface area contributed by atoms with Gasteiger partial charge in [0.1, 0.15) is 0 Å². The van der Waals surface area contributed by atoms with Crippen molar-refractivity contribution in [1.29, 1.82) is 0 Å². The summed E-state index contributed by atoms with van der Waals surface area (Å²) in [5.74, 6) is -0.421. The standard InChI is InChI=1S/C13H18BrO5P/c1-4-18-20(16,19-5-2)9-11-7-6-10(8-12(11)14)13(15)17-3/h6-8H,4-5,9H2,1-3H3. The summed E-state index contributed by atoms with van der Waals surface area (Å²) in [6.45, 7) is 4.16. The number of methoxy groups -OCH3 is 1. The maximum atomic E-state index is 12.5. The van der Waals surface area contributed by atoms with Gasteiger partial charge in [0.15, 0.2) is 0 Å². The van der Waals surface area contributed by atoms with E-state index >= 15 is 0 Å². The number of hydrogen-bond acceptors (Lipinski definition) is 5. The third-order valence-corrected chi connectivity index (χ3v) is 5.26. The zero-order chi connectivity index (χ0) is 15.2. The lowest BCUT2D eigenvalue weighted by Crippen LogP contribution is -2.03. The number of hydrogen-bond donors (Lipinski definition) is 0. The fourth-order valence-electron chi connectivity index (χ4n) is 1.65. The smallest absolute Gasteiger partial charge is 0.337 e. The van der Waals surface area contributed by atoms with Crippen LogP contribution in [-0.4, -0.2) is 26.3 Å². The summed E-state index contributed by atoms with van der Waals surface area (Å²) in [5, 5.41) is 0. The Kier molecular flexibility index (Phi) is 6.89. The van der Waals surface area contributed by atoms with Crippen LogP contribution >= 0.6 is 23.5 Å². The summed E-state index contributed by atoms with van der Waals surface area (Å²) in [6.07, 6.45) is 0.150. The predicted octanol–water partition coefficient (Wildman–Crippen LogP) is 4.00. The molecule has 0 aliphatic rings. The molecule has 5 nitrogen and oxygen atoms in total. The van der Waals surface area contributed by atoms with Gasteiger partial charge in [-0.3, -0.25) is 4.57 Å². The molecule has 0 fully saturated rings. The number of halogens is 1. The first kappa shape index (κ1) is 17.4. The molecule has 1 rings (SSSR count). The molecule has 0 aromatic heterocycles. The van der Waals surface area contributed by atoms with E-state index < -0.39 is 13.6 Å². The Morgan fingerprint density at radius 2 is 1.85 bits per heavy atom. The second kappa shape index (κ2) is 7.93. The van der Waals surface area contributed by atoms with Crippen LogP contribution in [0.3, 0.4) is 0 Å². The molecule has 0 unspecified atom stereocenters. The quantitative estimate of drug-likeness (QED) is 0.540. The lowest BCUT2D eigenvalue weighted by Gasteiger charge is -2.17. The number of carbonyl (C=O) groups is 1. The molecule has 0 saturated carbocycles. The number of carbonyl (C=O) groups excluding carboxylic acids is 1. The minimum absolute atomic E-state index is 0.150. The van der Waals surface area contributed by atoms with Crippen LogP contribution in [0.25, 0.3) is 0 Å². The van der Waals surface area contributed by atoms with Gasteiger partial charge in [-0.2, -0.15) is 0 Å². The fraction of sp³-hybridized carbons (Fsp3) is 0.462. The predicted molar refractivity (Wildman–Crippen MR) is 80.0 cm³/mol. The molecule has 0 aliphatic carbocycles. The summed E-state index contributed by atoms with van der Waals surface area (Å²) in [5.41, 5.74) is 1.17. The third-order valence-electron chi connectivity index (χ3n) is 2.49. The van der Waals surface area contributed by atoms with Crippen molar-refractivity contribution in [3.63, 3.8) is 0 Å². The van der Waals surface area contributed by atoms with E-state index in [-0.39, 0.29) is 6.16 Å². The Morgan fingerprint density at radius 1 is 1.25 bits per heavy atom. The second-order valence-corrected chi connectivity index (χ2v) is 6.81. The van der Waals surface area contributed by atoms with E-state index in [0.717, 1.165) is 5.56 Å². The summed E-state index contributed by atoms with van der Waals surface area (Å²) >= 11 is 3.36. The van der Waals surface area contributed by atoms with Crippen LogP contribution in [0.2, 0.25) is 0 Å². The molecule has 0 spiro atoms. The number of esters is 1. The first-order valence-electron chi connectivity index (χ1n) is 6.20. The highest BCUT2D eigenvalue weighted by molar-refractivity contribution is 9.10. The van der Waals surface area contributed by atoms with Crippen molar-refractivity contribution in [2.75, 3.05) is 20.3 Å². The van der Waals surface area contributed by atoms with E-state index in [9.17, 15) is 9.36 Å². The van der Waals surface area contributed by atoms with Crippen LogP contribution < -0.4 is 0 Å². The molecule has 20 heavy (non-hydrogen) atoms. The topological polar surface area (TPSA) is 61.8 Å². The molecular formula is C13H18BrO5P. The number of ether oxygens (including phenoxy) is 1. The molecule has 7 heteroatoms. The maximum Gasteiger partial charge on any atom is 0.337 e. The summed E-state index contributed by atoms with van der Waals surface area (Å²) in [6, 6.07) is 4.96. The maximum absolute atomic E-state index is 12.5. The Morgan fingerprint density at radius 3 is 2.30 bits per heavy atom. The van der Waals surface area contributed by atoms with E-state index in [0.29, 0.717) is 23.2 Å². The van der Waals surface area contributed by atoms with E-state index in [4.69, 9.17) is 9.05 Å². The molecule has 0 atom stereocenters. The van der Waals surface area contributed by atoms with Gasteiger partial charge in [0.25, 0.3) is 0 Å². The van der Waals surface area contributed by atoms with E-state index in [2.05, 4.69) is 20.7 Å². The van der Waals surface area contributed by atoms with Gasteiger partial charge in [-0.25, -0.2) is 4.79 Å². The van der Waals surface area contributed by atoms with Crippen LogP contribution in [0.4, 0.5) is 0 Å². The van der Waals surface area contributed by atoms with Gasteiger partial charge in [0.05, 0.1) is 32.0 Å². The highest BCUT2D eigenvalue weighted by Crippen LogP contribution is 2.52. The van der Waals surface area contributed by atoms with Crippen molar-refractivity contribution in [1.82, 2.24) is 0 Å². The number of benzene rings is 1. The SMILES string of the molecule is CCOP(=O)(Cc1ccc(C(=O)OC)cc1Br)OCC. The van der Waals surface area contributed by atoms with Gasteiger partial charge in [-0.05, 0) is 31.5 Å². The Hall–Kier alpha value is -0.680. The molecule has 0 saturated heterocycles. The van der Waals surface area contributed by atoms with Crippen LogP contribution in [-0.2, 0) is 24.5 Å². The van der Waals surface area contributed by atoms with Crippen molar-refractivity contribution in [3.8, 4) is 0 Å². The Labute approximate surface area is 127 Å². The lowest BCUT2D eigenvalue weighted by atomic mass is 10.1. The summed E-state index contributed by atoms with van der Waals surface area (Å²) in [7, 11) is -1.84. The van der Waals surface area contributed by atoms with E-state index in [1.807, 2.05) is 0 Å². The highest BCUT2D eigenvalue weighted by Gasteiger charge is 2.25. The molecule has 0 N–H and O–H groups in total. The molecule has 1 aromatic carbocycles. The molecule has 0 radical (unpaired) electrons. The average Bonchev–Trinajstić information content (AvgIpc) is 2.40. The number of rotatable bonds is 7. The first-order valence-corrected chi connectivity index (χ1v) is 8.72. The zero-order valence-corrected chi connectivity index (χ0v) is 14.2. The van der Waals surface area contributed by atoms with E-state index in [1.165, 1.54) is 7.11 Å². The molecule has 0 aliphatic heterocycles. The molecule has 0 heterocycles. The Bertz CT molecular complexity index is 507. The van der Waals surface area contributed by atoms with Crippen LogP contribution in [0.1, 0.15) is 29.8 Å². The minimum Gasteiger partial charge on any atom is -0.465 e. The van der Waals surface area contributed by atoms with Crippen molar-refractivity contribution < 1.29 is 23.1 Å². The second-order valence-electron chi connectivity index (χ2n) is 3.90. The summed E-state index contributed by atoms with van der Waals surface area (Å²) in [4.78, 5) is 11.4. The van der Waals surface area contributed by atoms with Crippen LogP contribution in [0.15, 0.2) is 22.7 Å². The van der Waals surface area contributed by atoms with E-state index in [1.54, 1.807) is 32.0 Å². The normalized spacial score (nSPS) is 11.4. The van der Waals surface area contributed by atoms with Crippen molar-refractivity contribution in [3.05, 3.63) is 33.8 Å².